The molecule has 0 saturated carbocycles. The number of H-pyrrole nitrogens is 1. The third kappa shape index (κ3) is 2.70. The Balaban J connectivity index is 1.94. The molecule has 2 N–H and O–H groups in total. The van der Waals surface area contributed by atoms with Crippen LogP contribution < -0.4 is 5.32 Å². The summed E-state index contributed by atoms with van der Waals surface area (Å²) in [4.78, 5) is 0. The number of rotatable bonds is 5. The van der Waals surface area contributed by atoms with E-state index in [0.29, 0.717) is 6.04 Å². The smallest absolute Gasteiger partial charge is 0.0535 e. The van der Waals surface area contributed by atoms with Gasteiger partial charge in [-0.1, -0.05) is 37.3 Å². The van der Waals surface area contributed by atoms with Crippen molar-refractivity contribution in [3.63, 3.8) is 0 Å². The van der Waals surface area contributed by atoms with Crippen LogP contribution in [-0.2, 0) is 6.54 Å². The highest BCUT2D eigenvalue weighted by Crippen LogP contribution is 2.15. The number of aromatic amines is 1. The van der Waals surface area contributed by atoms with Crippen LogP contribution in [0.3, 0.4) is 0 Å². The quantitative estimate of drug-likeness (QED) is 0.805. The second kappa shape index (κ2) is 5.47. The van der Waals surface area contributed by atoms with E-state index in [4.69, 9.17) is 0 Å². The lowest BCUT2D eigenvalue weighted by Crippen LogP contribution is -2.19. The van der Waals surface area contributed by atoms with Crippen molar-refractivity contribution in [3.8, 4) is 0 Å². The van der Waals surface area contributed by atoms with E-state index < -0.39 is 0 Å². The SMILES string of the molecule is CCC(NCc1ccccc1)c1cn[nH]c1. The fraction of sp³-hybridized carbons (Fsp3) is 0.308. The van der Waals surface area contributed by atoms with Gasteiger partial charge in [-0.15, -0.1) is 0 Å². The van der Waals surface area contributed by atoms with Crippen molar-refractivity contribution in [2.45, 2.75) is 25.9 Å². The molecule has 2 aromatic rings. The monoisotopic (exact) mass is 215 g/mol. The van der Waals surface area contributed by atoms with Crippen LogP contribution in [0.5, 0.6) is 0 Å². The summed E-state index contributed by atoms with van der Waals surface area (Å²) in [5.74, 6) is 0. The normalized spacial score (nSPS) is 12.6. The molecule has 1 aromatic carbocycles. The molecule has 0 aliphatic rings. The number of aromatic nitrogens is 2. The Morgan fingerprint density at radius 1 is 1.31 bits per heavy atom. The molecule has 0 aliphatic heterocycles. The van der Waals surface area contributed by atoms with Gasteiger partial charge in [-0.25, -0.2) is 0 Å². The molecule has 84 valence electrons. The highest BCUT2D eigenvalue weighted by Gasteiger charge is 2.08. The molecule has 0 radical (unpaired) electrons. The van der Waals surface area contributed by atoms with Gasteiger partial charge in [-0.2, -0.15) is 5.10 Å². The standard InChI is InChI=1S/C13H17N3/c1-2-13(12-9-15-16-10-12)14-8-11-6-4-3-5-7-11/h3-7,9-10,13-14H,2,8H2,1H3,(H,15,16). The maximum atomic E-state index is 3.98. The lowest BCUT2D eigenvalue weighted by Gasteiger charge is -2.15. The van der Waals surface area contributed by atoms with Gasteiger partial charge in [0.15, 0.2) is 0 Å². The van der Waals surface area contributed by atoms with Crippen LogP contribution in [0, 0.1) is 0 Å². The molecule has 0 spiro atoms. The van der Waals surface area contributed by atoms with Gasteiger partial charge in [0.1, 0.15) is 0 Å². The third-order valence-electron chi connectivity index (χ3n) is 2.73. The first-order valence-electron chi connectivity index (χ1n) is 5.66. The van der Waals surface area contributed by atoms with E-state index >= 15 is 0 Å². The first kappa shape index (κ1) is 10.9. The fourth-order valence-electron chi connectivity index (χ4n) is 1.79. The molecule has 1 aromatic heterocycles. The lowest BCUT2D eigenvalue weighted by atomic mass is 10.1. The Hall–Kier alpha value is -1.61. The van der Waals surface area contributed by atoms with E-state index in [1.165, 1.54) is 11.1 Å². The molecule has 3 heteroatoms. The molecule has 1 atom stereocenters. The van der Waals surface area contributed by atoms with Gasteiger partial charge in [-0.3, -0.25) is 5.10 Å². The summed E-state index contributed by atoms with van der Waals surface area (Å²) >= 11 is 0. The maximum Gasteiger partial charge on any atom is 0.0535 e. The summed E-state index contributed by atoms with van der Waals surface area (Å²) in [5, 5.41) is 10.4. The third-order valence-corrected chi connectivity index (χ3v) is 2.73. The summed E-state index contributed by atoms with van der Waals surface area (Å²) in [6, 6.07) is 10.8. The molecular weight excluding hydrogens is 198 g/mol. The largest absolute Gasteiger partial charge is 0.306 e. The van der Waals surface area contributed by atoms with Crippen molar-refractivity contribution in [2.75, 3.05) is 0 Å². The van der Waals surface area contributed by atoms with E-state index in [1.807, 2.05) is 18.5 Å². The zero-order valence-corrected chi connectivity index (χ0v) is 9.48. The molecule has 1 unspecified atom stereocenters. The van der Waals surface area contributed by atoms with Gasteiger partial charge in [0, 0.05) is 24.3 Å². The van der Waals surface area contributed by atoms with Gasteiger partial charge in [0.05, 0.1) is 6.20 Å². The first-order chi connectivity index (χ1) is 7.90. The second-order valence-corrected chi connectivity index (χ2v) is 3.86. The predicted molar refractivity (Wildman–Crippen MR) is 64.9 cm³/mol. The second-order valence-electron chi connectivity index (χ2n) is 3.86. The highest BCUT2D eigenvalue weighted by atomic mass is 15.1. The molecule has 0 amide bonds. The number of hydrogen-bond donors (Lipinski definition) is 2. The molecule has 0 fully saturated rings. The first-order valence-corrected chi connectivity index (χ1v) is 5.66. The summed E-state index contributed by atoms with van der Waals surface area (Å²) in [7, 11) is 0. The lowest BCUT2D eigenvalue weighted by molar-refractivity contribution is 0.519. The Bertz CT molecular complexity index is 394. The van der Waals surface area contributed by atoms with Crippen LogP contribution in [-0.4, -0.2) is 10.2 Å². The van der Waals surface area contributed by atoms with Crippen molar-refractivity contribution in [1.82, 2.24) is 15.5 Å². The van der Waals surface area contributed by atoms with E-state index in [0.717, 1.165) is 13.0 Å². The van der Waals surface area contributed by atoms with E-state index in [1.54, 1.807) is 0 Å². The average Bonchev–Trinajstić information content (AvgIpc) is 2.85. The summed E-state index contributed by atoms with van der Waals surface area (Å²) in [5.41, 5.74) is 2.53. The van der Waals surface area contributed by atoms with Crippen molar-refractivity contribution in [1.29, 1.82) is 0 Å². The molecule has 16 heavy (non-hydrogen) atoms. The van der Waals surface area contributed by atoms with Crippen LogP contribution in [0.4, 0.5) is 0 Å². The van der Waals surface area contributed by atoms with Crippen LogP contribution >= 0.6 is 0 Å². The van der Waals surface area contributed by atoms with Gasteiger partial charge in [-0.05, 0) is 12.0 Å². The van der Waals surface area contributed by atoms with E-state index in [-0.39, 0.29) is 0 Å². The Morgan fingerprint density at radius 3 is 2.75 bits per heavy atom. The minimum absolute atomic E-state index is 0.374. The minimum Gasteiger partial charge on any atom is -0.306 e. The van der Waals surface area contributed by atoms with Crippen molar-refractivity contribution < 1.29 is 0 Å². The van der Waals surface area contributed by atoms with E-state index in [2.05, 4.69) is 46.7 Å². The van der Waals surface area contributed by atoms with Crippen LogP contribution in [0.2, 0.25) is 0 Å². The predicted octanol–water partition coefficient (Wildman–Crippen LogP) is 2.65. The highest BCUT2D eigenvalue weighted by molar-refractivity contribution is 5.15. The molecule has 2 rings (SSSR count). The zero-order valence-electron chi connectivity index (χ0n) is 9.48. The molecule has 3 nitrogen and oxygen atoms in total. The molecule has 0 saturated heterocycles. The van der Waals surface area contributed by atoms with Crippen molar-refractivity contribution in [3.05, 3.63) is 53.9 Å². The summed E-state index contributed by atoms with van der Waals surface area (Å²) < 4.78 is 0. The van der Waals surface area contributed by atoms with Crippen molar-refractivity contribution in [2.24, 2.45) is 0 Å². The maximum absolute atomic E-state index is 3.98. The Kier molecular flexibility index (Phi) is 3.72. The fourth-order valence-corrected chi connectivity index (χ4v) is 1.79. The van der Waals surface area contributed by atoms with Gasteiger partial charge < -0.3 is 5.32 Å². The summed E-state index contributed by atoms with van der Waals surface area (Å²) in [6.07, 6.45) is 4.89. The molecular formula is C13H17N3. The zero-order chi connectivity index (χ0) is 11.2. The Morgan fingerprint density at radius 2 is 2.12 bits per heavy atom. The number of nitrogens with zero attached hydrogens (tertiary/aromatic N) is 1. The van der Waals surface area contributed by atoms with Crippen LogP contribution in [0.25, 0.3) is 0 Å². The molecule has 1 heterocycles. The number of hydrogen-bond acceptors (Lipinski definition) is 2. The minimum atomic E-state index is 0.374. The number of nitrogens with one attached hydrogen (secondary N) is 2. The van der Waals surface area contributed by atoms with Gasteiger partial charge in [0.25, 0.3) is 0 Å². The Labute approximate surface area is 95.9 Å². The van der Waals surface area contributed by atoms with Crippen molar-refractivity contribution >= 4 is 0 Å². The van der Waals surface area contributed by atoms with Crippen LogP contribution in [0.1, 0.15) is 30.5 Å². The number of benzene rings is 1. The van der Waals surface area contributed by atoms with E-state index in [9.17, 15) is 0 Å². The van der Waals surface area contributed by atoms with Crippen LogP contribution in [0.15, 0.2) is 42.7 Å². The average molecular weight is 215 g/mol. The summed E-state index contributed by atoms with van der Waals surface area (Å²) in [6.45, 7) is 3.07. The van der Waals surface area contributed by atoms with Gasteiger partial charge >= 0.3 is 0 Å². The topological polar surface area (TPSA) is 40.7 Å². The molecule has 0 aliphatic carbocycles. The van der Waals surface area contributed by atoms with Gasteiger partial charge in [0.2, 0.25) is 0 Å². The molecule has 0 bridgehead atoms.